The standard InChI is InChI=1S/C15H27N5/c1-5-13-14(6-2)18-19-15(17-13)20(4)12-9-7-11(16-3)8-10-12/h11-12,16H,5-10H2,1-4H3. The molecule has 20 heavy (non-hydrogen) atoms. The lowest BCUT2D eigenvalue weighted by molar-refractivity contribution is 0.349. The second kappa shape index (κ2) is 6.97. The minimum Gasteiger partial charge on any atom is -0.340 e. The van der Waals surface area contributed by atoms with Crippen LogP contribution in [0.15, 0.2) is 0 Å². The summed E-state index contributed by atoms with van der Waals surface area (Å²) >= 11 is 0. The van der Waals surface area contributed by atoms with E-state index in [1.54, 1.807) is 0 Å². The van der Waals surface area contributed by atoms with Crippen LogP contribution in [0.5, 0.6) is 0 Å². The summed E-state index contributed by atoms with van der Waals surface area (Å²) in [6.45, 7) is 4.23. The van der Waals surface area contributed by atoms with Crippen molar-refractivity contribution in [2.45, 2.75) is 64.5 Å². The van der Waals surface area contributed by atoms with Crippen LogP contribution in [0.2, 0.25) is 0 Å². The second-order valence-electron chi connectivity index (χ2n) is 5.62. The van der Waals surface area contributed by atoms with Crippen molar-refractivity contribution in [3.8, 4) is 0 Å². The maximum atomic E-state index is 4.71. The van der Waals surface area contributed by atoms with Crippen molar-refractivity contribution in [2.75, 3.05) is 19.0 Å². The van der Waals surface area contributed by atoms with E-state index in [9.17, 15) is 0 Å². The molecule has 1 aliphatic carbocycles. The van der Waals surface area contributed by atoms with E-state index in [0.29, 0.717) is 12.1 Å². The maximum Gasteiger partial charge on any atom is 0.245 e. The molecule has 1 aliphatic rings. The van der Waals surface area contributed by atoms with Crippen molar-refractivity contribution in [2.24, 2.45) is 0 Å². The van der Waals surface area contributed by atoms with Gasteiger partial charge in [-0.1, -0.05) is 13.8 Å². The minimum atomic E-state index is 0.540. The SMILES string of the molecule is CCc1nnc(N(C)C2CCC(NC)CC2)nc1CC. The monoisotopic (exact) mass is 277 g/mol. The van der Waals surface area contributed by atoms with Crippen molar-refractivity contribution in [1.82, 2.24) is 20.5 Å². The van der Waals surface area contributed by atoms with Gasteiger partial charge in [0, 0.05) is 19.1 Å². The molecule has 0 spiro atoms. The predicted molar refractivity (Wildman–Crippen MR) is 82.1 cm³/mol. The smallest absolute Gasteiger partial charge is 0.245 e. The number of aryl methyl sites for hydroxylation is 2. The molecule has 0 bridgehead atoms. The first-order valence-corrected chi connectivity index (χ1v) is 7.82. The predicted octanol–water partition coefficient (Wildman–Crippen LogP) is 1.96. The molecule has 0 unspecified atom stereocenters. The van der Waals surface area contributed by atoms with Gasteiger partial charge in [-0.15, -0.1) is 5.10 Å². The average Bonchev–Trinajstić information content (AvgIpc) is 2.53. The van der Waals surface area contributed by atoms with Gasteiger partial charge in [0.2, 0.25) is 5.95 Å². The van der Waals surface area contributed by atoms with E-state index in [-0.39, 0.29) is 0 Å². The van der Waals surface area contributed by atoms with E-state index >= 15 is 0 Å². The number of nitrogens with one attached hydrogen (secondary N) is 1. The van der Waals surface area contributed by atoms with Crippen molar-refractivity contribution >= 4 is 5.95 Å². The highest BCUT2D eigenvalue weighted by atomic mass is 15.3. The zero-order valence-electron chi connectivity index (χ0n) is 13.2. The van der Waals surface area contributed by atoms with E-state index in [2.05, 4.69) is 48.4 Å². The van der Waals surface area contributed by atoms with Gasteiger partial charge in [-0.2, -0.15) is 5.10 Å². The fourth-order valence-corrected chi connectivity index (χ4v) is 2.99. The normalized spacial score (nSPS) is 22.8. The Morgan fingerprint density at radius 2 is 1.70 bits per heavy atom. The molecule has 0 aliphatic heterocycles. The molecule has 5 nitrogen and oxygen atoms in total. The summed E-state index contributed by atoms with van der Waals surface area (Å²) in [5, 5.41) is 12.0. The topological polar surface area (TPSA) is 53.9 Å². The Hall–Kier alpha value is -1.23. The molecule has 1 aromatic rings. The van der Waals surface area contributed by atoms with Crippen LogP contribution in [-0.4, -0.2) is 41.4 Å². The molecule has 112 valence electrons. The van der Waals surface area contributed by atoms with Gasteiger partial charge in [-0.3, -0.25) is 0 Å². The lowest BCUT2D eigenvalue weighted by atomic mass is 9.90. The first kappa shape index (κ1) is 15.2. The third kappa shape index (κ3) is 3.26. The van der Waals surface area contributed by atoms with Gasteiger partial charge in [-0.25, -0.2) is 4.98 Å². The van der Waals surface area contributed by atoms with E-state index in [4.69, 9.17) is 4.98 Å². The molecule has 0 saturated heterocycles. The summed E-state index contributed by atoms with van der Waals surface area (Å²) in [6, 6.07) is 1.21. The molecule has 2 rings (SSSR count). The van der Waals surface area contributed by atoms with Crippen molar-refractivity contribution in [1.29, 1.82) is 0 Å². The van der Waals surface area contributed by atoms with E-state index < -0.39 is 0 Å². The summed E-state index contributed by atoms with van der Waals surface area (Å²) in [5.41, 5.74) is 2.12. The third-order valence-corrected chi connectivity index (χ3v) is 4.47. The lowest BCUT2D eigenvalue weighted by Gasteiger charge is -2.34. The zero-order chi connectivity index (χ0) is 14.5. The molecule has 1 fully saturated rings. The first-order chi connectivity index (χ1) is 9.69. The molecule has 0 atom stereocenters. The molecule has 1 saturated carbocycles. The van der Waals surface area contributed by atoms with Crippen LogP contribution in [0.25, 0.3) is 0 Å². The zero-order valence-corrected chi connectivity index (χ0v) is 13.2. The molecule has 0 amide bonds. The highest BCUT2D eigenvalue weighted by molar-refractivity contribution is 5.31. The fraction of sp³-hybridized carbons (Fsp3) is 0.800. The third-order valence-electron chi connectivity index (χ3n) is 4.47. The van der Waals surface area contributed by atoms with Crippen molar-refractivity contribution < 1.29 is 0 Å². The molecule has 0 radical (unpaired) electrons. The molecule has 0 aromatic carbocycles. The maximum absolute atomic E-state index is 4.71. The molecule has 5 heteroatoms. The van der Waals surface area contributed by atoms with Gasteiger partial charge in [0.25, 0.3) is 0 Å². The number of rotatable bonds is 5. The highest BCUT2D eigenvalue weighted by Gasteiger charge is 2.25. The summed E-state index contributed by atoms with van der Waals surface area (Å²) < 4.78 is 0. The Morgan fingerprint density at radius 1 is 1.05 bits per heavy atom. The minimum absolute atomic E-state index is 0.540. The van der Waals surface area contributed by atoms with Crippen LogP contribution in [0.3, 0.4) is 0 Å². The van der Waals surface area contributed by atoms with Crippen molar-refractivity contribution in [3.05, 3.63) is 11.4 Å². The van der Waals surface area contributed by atoms with Gasteiger partial charge in [0.1, 0.15) is 0 Å². The molecular formula is C15H27N5. The quantitative estimate of drug-likeness (QED) is 0.891. The average molecular weight is 277 g/mol. The number of hydrogen-bond donors (Lipinski definition) is 1. The Balaban J connectivity index is 2.07. The summed E-state index contributed by atoms with van der Waals surface area (Å²) in [6.07, 6.45) is 6.68. The highest BCUT2D eigenvalue weighted by Crippen LogP contribution is 2.24. The Morgan fingerprint density at radius 3 is 2.25 bits per heavy atom. The Labute approximate surface area is 122 Å². The molecule has 1 heterocycles. The largest absolute Gasteiger partial charge is 0.340 e. The van der Waals surface area contributed by atoms with Gasteiger partial charge in [0.05, 0.1) is 11.4 Å². The molecule has 1 N–H and O–H groups in total. The number of hydrogen-bond acceptors (Lipinski definition) is 5. The van der Waals surface area contributed by atoms with E-state index in [0.717, 1.165) is 30.2 Å². The Kier molecular flexibility index (Phi) is 5.29. The number of anilines is 1. The summed E-state index contributed by atoms with van der Waals surface area (Å²) in [5.74, 6) is 0.784. The molecular weight excluding hydrogens is 250 g/mol. The van der Waals surface area contributed by atoms with Crippen LogP contribution in [-0.2, 0) is 12.8 Å². The second-order valence-corrected chi connectivity index (χ2v) is 5.62. The first-order valence-electron chi connectivity index (χ1n) is 7.82. The Bertz CT molecular complexity index is 426. The van der Waals surface area contributed by atoms with Crippen LogP contribution in [0, 0.1) is 0 Å². The van der Waals surface area contributed by atoms with Gasteiger partial charge < -0.3 is 10.2 Å². The van der Waals surface area contributed by atoms with Gasteiger partial charge in [0.15, 0.2) is 0 Å². The van der Waals surface area contributed by atoms with Crippen molar-refractivity contribution in [3.63, 3.8) is 0 Å². The van der Waals surface area contributed by atoms with Crippen LogP contribution in [0.4, 0.5) is 5.95 Å². The number of nitrogens with zero attached hydrogens (tertiary/aromatic N) is 4. The van der Waals surface area contributed by atoms with Gasteiger partial charge in [-0.05, 0) is 45.6 Å². The van der Waals surface area contributed by atoms with Gasteiger partial charge >= 0.3 is 0 Å². The van der Waals surface area contributed by atoms with E-state index in [1.807, 2.05) is 0 Å². The van der Waals surface area contributed by atoms with E-state index in [1.165, 1.54) is 25.7 Å². The molecule has 1 aromatic heterocycles. The van der Waals surface area contributed by atoms with Crippen LogP contribution >= 0.6 is 0 Å². The summed E-state index contributed by atoms with van der Waals surface area (Å²) in [4.78, 5) is 6.93. The summed E-state index contributed by atoms with van der Waals surface area (Å²) in [7, 11) is 4.16. The fourth-order valence-electron chi connectivity index (χ4n) is 2.99. The lowest BCUT2D eigenvalue weighted by Crippen LogP contribution is -2.40. The van der Waals surface area contributed by atoms with Crippen LogP contribution < -0.4 is 10.2 Å². The van der Waals surface area contributed by atoms with Crippen LogP contribution in [0.1, 0.15) is 50.9 Å². The number of aromatic nitrogens is 3.